The van der Waals surface area contributed by atoms with Crippen molar-refractivity contribution in [3.63, 3.8) is 0 Å². The highest BCUT2D eigenvalue weighted by Gasteiger charge is 2.24. The van der Waals surface area contributed by atoms with Crippen molar-refractivity contribution >= 4 is 23.2 Å². The normalized spacial score (nSPS) is 16.0. The third kappa shape index (κ3) is 4.36. The van der Waals surface area contributed by atoms with Gasteiger partial charge in [-0.2, -0.15) is 0 Å². The first-order valence-electron chi connectivity index (χ1n) is 9.46. The summed E-state index contributed by atoms with van der Waals surface area (Å²) >= 11 is 0. The predicted octanol–water partition coefficient (Wildman–Crippen LogP) is 2.79. The SMILES string of the molecule is C[C@@H](Nc1cccc(C(=O)NC2CC2)c1)C(=O)Nc1ccc2c(c1)OCCO2. The number of hydrogen-bond donors (Lipinski definition) is 3. The number of amides is 2. The second kappa shape index (κ2) is 7.80. The Bertz CT molecular complexity index is 895. The molecule has 0 unspecified atom stereocenters. The summed E-state index contributed by atoms with van der Waals surface area (Å²) in [5.41, 5.74) is 1.94. The van der Waals surface area contributed by atoms with Gasteiger partial charge in [0.2, 0.25) is 5.91 Å². The Morgan fingerprint density at radius 2 is 1.79 bits per heavy atom. The standard InChI is InChI=1S/C21H23N3O4/c1-13(20(25)24-17-7-8-18-19(12-17)28-10-9-27-18)22-16-4-2-3-14(11-16)21(26)23-15-5-6-15/h2-4,7-8,11-13,15,22H,5-6,9-10H2,1H3,(H,23,26)(H,24,25)/t13-/m1/s1. The highest BCUT2D eigenvalue weighted by atomic mass is 16.6. The summed E-state index contributed by atoms with van der Waals surface area (Å²) < 4.78 is 11.0. The van der Waals surface area contributed by atoms with Crippen LogP contribution in [0, 0.1) is 0 Å². The van der Waals surface area contributed by atoms with Gasteiger partial charge in [0.05, 0.1) is 0 Å². The molecule has 0 radical (unpaired) electrons. The molecule has 2 amide bonds. The van der Waals surface area contributed by atoms with Gasteiger partial charge in [0.25, 0.3) is 5.91 Å². The van der Waals surface area contributed by atoms with Crippen LogP contribution in [-0.4, -0.2) is 37.1 Å². The minimum Gasteiger partial charge on any atom is -0.486 e. The van der Waals surface area contributed by atoms with E-state index in [0.29, 0.717) is 47.7 Å². The molecule has 1 saturated carbocycles. The fraction of sp³-hybridized carbons (Fsp3) is 0.333. The van der Waals surface area contributed by atoms with Crippen LogP contribution in [0.5, 0.6) is 11.5 Å². The average Bonchev–Trinajstić information content (AvgIpc) is 3.52. The first-order valence-corrected chi connectivity index (χ1v) is 9.46. The highest BCUT2D eigenvalue weighted by Crippen LogP contribution is 2.32. The van der Waals surface area contributed by atoms with E-state index >= 15 is 0 Å². The smallest absolute Gasteiger partial charge is 0.251 e. The lowest BCUT2D eigenvalue weighted by molar-refractivity contribution is -0.116. The molecule has 0 spiro atoms. The third-order valence-corrected chi connectivity index (χ3v) is 4.62. The largest absolute Gasteiger partial charge is 0.486 e. The average molecular weight is 381 g/mol. The van der Waals surface area contributed by atoms with Gasteiger partial charge in [0.1, 0.15) is 19.3 Å². The molecule has 1 aliphatic heterocycles. The summed E-state index contributed by atoms with van der Waals surface area (Å²) in [6.45, 7) is 2.79. The molecule has 1 aliphatic carbocycles. The summed E-state index contributed by atoms with van der Waals surface area (Å²) in [6.07, 6.45) is 2.08. The van der Waals surface area contributed by atoms with Crippen molar-refractivity contribution in [1.82, 2.24) is 5.32 Å². The van der Waals surface area contributed by atoms with Gasteiger partial charge >= 0.3 is 0 Å². The molecule has 4 rings (SSSR count). The molecule has 2 aromatic carbocycles. The molecule has 2 aliphatic rings. The summed E-state index contributed by atoms with van der Waals surface area (Å²) in [4.78, 5) is 24.7. The Labute approximate surface area is 163 Å². The number of fused-ring (bicyclic) bond motifs is 1. The molecule has 3 N–H and O–H groups in total. The minimum atomic E-state index is -0.491. The molecule has 0 aromatic heterocycles. The van der Waals surface area contributed by atoms with Crippen LogP contribution in [0.1, 0.15) is 30.1 Å². The van der Waals surface area contributed by atoms with Crippen LogP contribution in [0.15, 0.2) is 42.5 Å². The quantitative estimate of drug-likeness (QED) is 0.716. The van der Waals surface area contributed by atoms with E-state index in [2.05, 4.69) is 16.0 Å². The number of rotatable bonds is 6. The van der Waals surface area contributed by atoms with E-state index in [1.807, 2.05) is 6.07 Å². The molecule has 2 aromatic rings. The molecule has 0 saturated heterocycles. The molecule has 7 heteroatoms. The summed E-state index contributed by atoms with van der Waals surface area (Å²) in [7, 11) is 0. The Balaban J connectivity index is 1.37. The van der Waals surface area contributed by atoms with E-state index in [1.165, 1.54) is 0 Å². The van der Waals surface area contributed by atoms with Gasteiger partial charge < -0.3 is 25.4 Å². The number of benzene rings is 2. The molecular weight excluding hydrogens is 358 g/mol. The maximum atomic E-state index is 12.5. The zero-order valence-corrected chi connectivity index (χ0v) is 15.7. The number of carbonyl (C=O) groups is 2. The summed E-state index contributed by atoms with van der Waals surface area (Å²) in [5.74, 6) is 1.03. The highest BCUT2D eigenvalue weighted by molar-refractivity contribution is 5.97. The van der Waals surface area contributed by atoms with Crippen molar-refractivity contribution in [2.45, 2.75) is 31.8 Å². The van der Waals surface area contributed by atoms with E-state index < -0.39 is 6.04 Å². The molecule has 28 heavy (non-hydrogen) atoms. The van der Waals surface area contributed by atoms with Gasteiger partial charge in [-0.25, -0.2) is 0 Å². The van der Waals surface area contributed by atoms with Gasteiger partial charge in [0.15, 0.2) is 11.5 Å². The van der Waals surface area contributed by atoms with Crippen molar-refractivity contribution in [3.05, 3.63) is 48.0 Å². The van der Waals surface area contributed by atoms with Crippen molar-refractivity contribution < 1.29 is 19.1 Å². The van der Waals surface area contributed by atoms with E-state index in [4.69, 9.17) is 9.47 Å². The monoisotopic (exact) mass is 381 g/mol. The van der Waals surface area contributed by atoms with E-state index in [-0.39, 0.29) is 11.8 Å². The van der Waals surface area contributed by atoms with Gasteiger partial charge in [-0.05, 0) is 50.1 Å². The molecule has 1 heterocycles. The Morgan fingerprint density at radius 3 is 2.57 bits per heavy atom. The van der Waals surface area contributed by atoms with Crippen molar-refractivity contribution in [2.75, 3.05) is 23.8 Å². The van der Waals surface area contributed by atoms with Gasteiger partial charge in [0, 0.05) is 29.0 Å². The van der Waals surface area contributed by atoms with Gasteiger partial charge in [-0.15, -0.1) is 0 Å². The molecule has 0 bridgehead atoms. The summed E-state index contributed by atoms with van der Waals surface area (Å²) in [5, 5.41) is 8.97. The lowest BCUT2D eigenvalue weighted by Gasteiger charge is -2.20. The van der Waals surface area contributed by atoms with Crippen LogP contribution in [-0.2, 0) is 4.79 Å². The molecule has 7 nitrogen and oxygen atoms in total. The maximum Gasteiger partial charge on any atom is 0.251 e. The fourth-order valence-electron chi connectivity index (χ4n) is 2.93. The first kappa shape index (κ1) is 18.2. The van der Waals surface area contributed by atoms with Crippen LogP contribution in [0.2, 0.25) is 0 Å². The first-order chi connectivity index (χ1) is 13.6. The van der Waals surface area contributed by atoms with Crippen molar-refractivity contribution in [1.29, 1.82) is 0 Å². The second-order valence-corrected chi connectivity index (χ2v) is 7.04. The Hall–Kier alpha value is -3.22. The van der Waals surface area contributed by atoms with Crippen molar-refractivity contribution in [3.8, 4) is 11.5 Å². The van der Waals surface area contributed by atoms with E-state index in [1.54, 1.807) is 43.3 Å². The number of ether oxygens (including phenoxy) is 2. The lowest BCUT2D eigenvalue weighted by Crippen LogP contribution is -2.32. The molecular formula is C21H23N3O4. The molecule has 1 atom stereocenters. The van der Waals surface area contributed by atoms with Gasteiger partial charge in [-0.1, -0.05) is 6.07 Å². The zero-order valence-electron chi connectivity index (χ0n) is 15.7. The lowest BCUT2D eigenvalue weighted by atomic mass is 10.1. The molecule has 146 valence electrons. The maximum absolute atomic E-state index is 12.5. The number of carbonyl (C=O) groups excluding carboxylic acids is 2. The fourth-order valence-corrected chi connectivity index (χ4v) is 2.93. The van der Waals surface area contributed by atoms with E-state index in [9.17, 15) is 9.59 Å². The third-order valence-electron chi connectivity index (χ3n) is 4.62. The number of nitrogens with one attached hydrogen (secondary N) is 3. The van der Waals surface area contributed by atoms with Gasteiger partial charge in [-0.3, -0.25) is 9.59 Å². The zero-order chi connectivity index (χ0) is 19.5. The van der Waals surface area contributed by atoms with Crippen LogP contribution in [0.4, 0.5) is 11.4 Å². The minimum absolute atomic E-state index is 0.0838. The van der Waals surface area contributed by atoms with E-state index in [0.717, 1.165) is 12.8 Å². The second-order valence-electron chi connectivity index (χ2n) is 7.04. The molecule has 1 fully saturated rings. The topological polar surface area (TPSA) is 88.7 Å². The Kier molecular flexibility index (Phi) is 5.06. The predicted molar refractivity (Wildman–Crippen MR) is 106 cm³/mol. The number of anilines is 2. The van der Waals surface area contributed by atoms with Crippen LogP contribution >= 0.6 is 0 Å². The van der Waals surface area contributed by atoms with Crippen LogP contribution in [0.3, 0.4) is 0 Å². The Morgan fingerprint density at radius 1 is 1.00 bits per heavy atom. The van der Waals surface area contributed by atoms with Crippen LogP contribution < -0.4 is 25.4 Å². The van der Waals surface area contributed by atoms with Crippen LogP contribution in [0.25, 0.3) is 0 Å². The summed E-state index contributed by atoms with van der Waals surface area (Å²) in [6, 6.07) is 12.3. The van der Waals surface area contributed by atoms with Crippen molar-refractivity contribution in [2.24, 2.45) is 0 Å². The number of hydrogen-bond acceptors (Lipinski definition) is 5.